The number of carbonyl (C=O) groups is 1. The van der Waals surface area contributed by atoms with Crippen molar-refractivity contribution in [3.63, 3.8) is 0 Å². The van der Waals surface area contributed by atoms with Crippen LogP contribution in [0.15, 0.2) is 0 Å². The molecule has 0 atom stereocenters. The predicted molar refractivity (Wildman–Crippen MR) is 110 cm³/mol. The molecule has 2 fully saturated rings. The summed E-state index contributed by atoms with van der Waals surface area (Å²) in [6.45, 7) is 10.1. The molecular weight excluding hydrogens is 350 g/mol. The van der Waals surface area contributed by atoms with E-state index in [0.29, 0.717) is 12.5 Å². The number of nitriles is 1. The Balaban J connectivity index is 1.48. The Hall–Kier alpha value is -2.13. The van der Waals surface area contributed by atoms with Gasteiger partial charge in [-0.3, -0.25) is 9.69 Å². The van der Waals surface area contributed by atoms with Crippen molar-refractivity contribution in [1.82, 2.24) is 14.8 Å². The normalized spacial score (nSPS) is 19.9. The monoisotopic (exact) mass is 381 g/mol. The van der Waals surface area contributed by atoms with E-state index in [9.17, 15) is 10.1 Å². The molecule has 6 heteroatoms. The minimum atomic E-state index is 0.265. The van der Waals surface area contributed by atoms with Crippen LogP contribution in [0.5, 0.6) is 0 Å². The fourth-order valence-corrected chi connectivity index (χ4v) is 4.87. The number of likely N-dealkylation sites (tertiary alicyclic amines) is 1. The Kier molecular flexibility index (Phi) is 5.54. The molecule has 6 nitrogen and oxygen atoms in total. The Bertz CT molecular complexity index is 783. The van der Waals surface area contributed by atoms with E-state index in [1.807, 2.05) is 4.90 Å². The zero-order valence-corrected chi connectivity index (χ0v) is 17.2. The Morgan fingerprint density at radius 1 is 1.04 bits per heavy atom. The summed E-state index contributed by atoms with van der Waals surface area (Å²) in [6.07, 6.45) is 5.45. The lowest BCUT2D eigenvalue weighted by molar-refractivity contribution is -0.131. The summed E-state index contributed by atoms with van der Waals surface area (Å²) in [7, 11) is 0. The molecule has 0 unspecified atom stereocenters. The van der Waals surface area contributed by atoms with Crippen LogP contribution < -0.4 is 4.90 Å². The van der Waals surface area contributed by atoms with Gasteiger partial charge in [0.15, 0.2) is 0 Å². The number of amides is 1. The molecule has 1 aliphatic carbocycles. The molecule has 2 aliphatic heterocycles. The number of fused-ring (bicyclic) bond motifs is 1. The summed E-state index contributed by atoms with van der Waals surface area (Å²) in [5.41, 5.74) is 4.53. The number of piperazine rings is 1. The second-order valence-electron chi connectivity index (χ2n) is 8.62. The largest absolute Gasteiger partial charge is 0.353 e. The second-order valence-corrected chi connectivity index (χ2v) is 8.62. The first-order chi connectivity index (χ1) is 13.6. The lowest BCUT2D eigenvalue weighted by Crippen LogP contribution is -2.50. The zero-order chi connectivity index (χ0) is 19.7. The molecule has 0 N–H and O–H groups in total. The van der Waals surface area contributed by atoms with Gasteiger partial charge in [-0.15, -0.1) is 0 Å². The third-order valence-electron chi connectivity index (χ3n) is 6.43. The second kappa shape index (κ2) is 8.08. The number of hydrogen-bond acceptors (Lipinski definition) is 5. The predicted octanol–water partition coefficient (Wildman–Crippen LogP) is 2.31. The maximum absolute atomic E-state index is 12.4. The molecule has 1 aromatic heterocycles. The highest BCUT2D eigenvalue weighted by atomic mass is 16.2. The van der Waals surface area contributed by atoms with E-state index < -0.39 is 0 Å². The van der Waals surface area contributed by atoms with Crippen molar-refractivity contribution < 1.29 is 4.79 Å². The van der Waals surface area contributed by atoms with E-state index in [4.69, 9.17) is 4.98 Å². The van der Waals surface area contributed by atoms with E-state index >= 15 is 0 Å². The van der Waals surface area contributed by atoms with Crippen LogP contribution in [0.2, 0.25) is 0 Å². The lowest BCUT2D eigenvalue weighted by atomic mass is 9.97. The van der Waals surface area contributed by atoms with E-state index in [2.05, 4.69) is 29.7 Å². The SMILES string of the molecule is CC(C)c1nc(N2CCN(CC(=O)N3CCCC3)CC2)c(C#N)c2c1CCC2. The van der Waals surface area contributed by atoms with E-state index in [0.717, 1.165) is 82.8 Å². The Morgan fingerprint density at radius 3 is 2.36 bits per heavy atom. The molecule has 150 valence electrons. The molecule has 0 radical (unpaired) electrons. The van der Waals surface area contributed by atoms with Crippen molar-refractivity contribution in [3.8, 4) is 6.07 Å². The molecule has 0 spiro atoms. The molecule has 1 aromatic rings. The average Bonchev–Trinajstić information content (AvgIpc) is 3.39. The van der Waals surface area contributed by atoms with E-state index in [1.54, 1.807) is 0 Å². The van der Waals surface area contributed by atoms with Crippen LogP contribution >= 0.6 is 0 Å². The number of hydrogen-bond donors (Lipinski definition) is 0. The van der Waals surface area contributed by atoms with Crippen molar-refractivity contribution in [2.45, 2.75) is 51.9 Å². The maximum atomic E-state index is 12.4. The number of pyridine rings is 1. The van der Waals surface area contributed by atoms with Crippen molar-refractivity contribution in [3.05, 3.63) is 22.4 Å². The molecule has 2 saturated heterocycles. The number of rotatable bonds is 4. The molecule has 1 amide bonds. The summed E-state index contributed by atoms with van der Waals surface area (Å²) in [6, 6.07) is 2.46. The van der Waals surface area contributed by atoms with Crippen LogP contribution in [0.1, 0.15) is 61.4 Å². The first-order valence-corrected chi connectivity index (χ1v) is 10.8. The van der Waals surface area contributed by atoms with Gasteiger partial charge in [-0.1, -0.05) is 13.8 Å². The molecule has 0 saturated carbocycles. The first kappa shape index (κ1) is 19.2. The van der Waals surface area contributed by atoms with Gasteiger partial charge < -0.3 is 9.80 Å². The van der Waals surface area contributed by atoms with Gasteiger partial charge in [-0.2, -0.15) is 5.26 Å². The minimum Gasteiger partial charge on any atom is -0.353 e. The smallest absolute Gasteiger partial charge is 0.236 e. The van der Waals surface area contributed by atoms with Gasteiger partial charge in [0.2, 0.25) is 5.91 Å². The van der Waals surface area contributed by atoms with Crippen molar-refractivity contribution >= 4 is 11.7 Å². The Labute approximate surface area is 168 Å². The Morgan fingerprint density at radius 2 is 1.71 bits per heavy atom. The average molecular weight is 382 g/mol. The standard InChI is InChI=1S/C22H31N5O/c1-16(2)21-18-7-5-6-17(18)19(14-23)22(24-21)27-12-10-25(11-13-27)15-20(28)26-8-3-4-9-26/h16H,3-13,15H2,1-2H3. The minimum absolute atomic E-state index is 0.265. The van der Waals surface area contributed by atoms with Crippen LogP contribution in [0.3, 0.4) is 0 Å². The summed E-state index contributed by atoms with van der Waals surface area (Å²) >= 11 is 0. The molecule has 3 heterocycles. The first-order valence-electron chi connectivity index (χ1n) is 10.8. The van der Waals surface area contributed by atoms with Crippen LogP contribution in [0, 0.1) is 11.3 Å². The van der Waals surface area contributed by atoms with Gasteiger partial charge in [0.25, 0.3) is 0 Å². The summed E-state index contributed by atoms with van der Waals surface area (Å²) in [4.78, 5) is 23.9. The summed E-state index contributed by atoms with van der Waals surface area (Å²) in [5.74, 6) is 1.51. The van der Waals surface area contributed by atoms with Crippen molar-refractivity contribution in [2.75, 3.05) is 50.7 Å². The van der Waals surface area contributed by atoms with Gasteiger partial charge >= 0.3 is 0 Å². The van der Waals surface area contributed by atoms with Crippen LogP contribution in [-0.2, 0) is 17.6 Å². The van der Waals surface area contributed by atoms with Crippen molar-refractivity contribution in [1.29, 1.82) is 5.26 Å². The van der Waals surface area contributed by atoms with Gasteiger partial charge in [0.1, 0.15) is 11.9 Å². The zero-order valence-electron chi connectivity index (χ0n) is 17.2. The third-order valence-corrected chi connectivity index (χ3v) is 6.43. The van der Waals surface area contributed by atoms with Crippen LogP contribution in [-0.4, -0.2) is 66.5 Å². The van der Waals surface area contributed by atoms with Crippen molar-refractivity contribution in [2.24, 2.45) is 0 Å². The topological polar surface area (TPSA) is 63.5 Å². The van der Waals surface area contributed by atoms with Gasteiger partial charge in [0.05, 0.1) is 12.1 Å². The van der Waals surface area contributed by atoms with Crippen LogP contribution in [0.25, 0.3) is 0 Å². The number of anilines is 1. The van der Waals surface area contributed by atoms with Gasteiger partial charge in [-0.25, -0.2) is 4.98 Å². The van der Waals surface area contributed by atoms with Gasteiger partial charge in [-0.05, 0) is 49.1 Å². The molecule has 0 aromatic carbocycles. The molecule has 0 bridgehead atoms. The van der Waals surface area contributed by atoms with E-state index in [1.165, 1.54) is 16.8 Å². The van der Waals surface area contributed by atoms with Crippen LogP contribution in [0.4, 0.5) is 5.82 Å². The highest BCUT2D eigenvalue weighted by Crippen LogP contribution is 2.35. The quantitative estimate of drug-likeness (QED) is 0.801. The molecule has 28 heavy (non-hydrogen) atoms. The van der Waals surface area contributed by atoms with Gasteiger partial charge in [0, 0.05) is 45.0 Å². The lowest BCUT2D eigenvalue weighted by Gasteiger charge is -2.36. The molecule has 3 aliphatic rings. The summed E-state index contributed by atoms with van der Waals surface area (Å²) < 4.78 is 0. The number of nitrogens with zero attached hydrogens (tertiary/aromatic N) is 5. The molecular formula is C22H31N5O. The third kappa shape index (κ3) is 3.60. The fraction of sp³-hybridized carbons (Fsp3) is 0.682. The highest BCUT2D eigenvalue weighted by Gasteiger charge is 2.29. The number of carbonyl (C=O) groups excluding carboxylic acids is 1. The van der Waals surface area contributed by atoms with E-state index in [-0.39, 0.29) is 5.91 Å². The molecule has 4 rings (SSSR count). The fourth-order valence-electron chi connectivity index (χ4n) is 4.87. The summed E-state index contributed by atoms with van der Waals surface area (Å²) in [5, 5.41) is 9.86. The maximum Gasteiger partial charge on any atom is 0.236 e. The number of aromatic nitrogens is 1. The highest BCUT2D eigenvalue weighted by molar-refractivity contribution is 5.78.